The molecule has 2 aromatic rings. The van der Waals surface area contributed by atoms with Gasteiger partial charge in [-0.1, -0.05) is 18.2 Å². The smallest absolute Gasteiger partial charge is 0.0346 e. The van der Waals surface area contributed by atoms with E-state index >= 15 is 0 Å². The molecule has 3 heteroatoms. The number of halogens is 1. The molecule has 1 heterocycles. The first-order chi connectivity index (χ1) is 5.92. The molecule has 0 atom stereocenters. The number of aromatic nitrogens is 1. The minimum Gasteiger partial charge on any atom is -0.326 e. The van der Waals surface area contributed by atoms with Crippen molar-refractivity contribution in [2.45, 2.75) is 6.54 Å². The summed E-state index contributed by atoms with van der Waals surface area (Å²) in [7, 11) is 0. The molecule has 0 saturated heterocycles. The summed E-state index contributed by atoms with van der Waals surface area (Å²) in [5.74, 6) is 0. The van der Waals surface area contributed by atoms with Gasteiger partial charge in [-0.25, -0.2) is 0 Å². The van der Waals surface area contributed by atoms with Gasteiger partial charge in [0, 0.05) is 24.3 Å². The third kappa shape index (κ3) is 1.79. The summed E-state index contributed by atoms with van der Waals surface area (Å²) in [5.41, 5.74) is 6.77. The molecule has 68 valence electrons. The molecule has 0 fully saturated rings. The molecule has 0 unspecified atom stereocenters. The van der Waals surface area contributed by atoms with Crippen LogP contribution in [0.2, 0.25) is 0 Å². The van der Waals surface area contributed by atoms with Gasteiger partial charge < -0.3 is 5.73 Å². The fourth-order valence-corrected chi connectivity index (χ4v) is 1.37. The van der Waals surface area contributed by atoms with Crippen LogP contribution in [-0.4, -0.2) is 4.98 Å². The lowest BCUT2D eigenvalue weighted by atomic mass is 10.1. The Balaban J connectivity index is 0.000000845. The Morgan fingerprint density at radius 2 is 2.08 bits per heavy atom. The molecular weight excluding hydrogens is 184 g/mol. The largest absolute Gasteiger partial charge is 0.326 e. The van der Waals surface area contributed by atoms with Crippen LogP contribution in [0.3, 0.4) is 0 Å². The Morgan fingerprint density at radius 3 is 2.85 bits per heavy atom. The van der Waals surface area contributed by atoms with Crippen molar-refractivity contribution in [2.75, 3.05) is 0 Å². The van der Waals surface area contributed by atoms with Gasteiger partial charge in [0.1, 0.15) is 0 Å². The van der Waals surface area contributed by atoms with Crippen molar-refractivity contribution in [3.05, 3.63) is 42.2 Å². The molecule has 0 amide bonds. The van der Waals surface area contributed by atoms with E-state index in [1.54, 1.807) is 6.20 Å². The molecule has 0 spiro atoms. The van der Waals surface area contributed by atoms with Gasteiger partial charge in [-0.05, 0) is 17.0 Å². The van der Waals surface area contributed by atoms with Gasteiger partial charge in [0.2, 0.25) is 0 Å². The van der Waals surface area contributed by atoms with E-state index in [0.717, 1.165) is 5.39 Å². The van der Waals surface area contributed by atoms with Crippen molar-refractivity contribution in [1.29, 1.82) is 0 Å². The number of nitrogens with two attached hydrogens (primary N) is 1. The number of nitrogens with zero attached hydrogens (tertiary/aromatic N) is 1. The maximum atomic E-state index is 5.60. The fraction of sp³-hybridized carbons (Fsp3) is 0.100. The average molecular weight is 195 g/mol. The van der Waals surface area contributed by atoms with Crippen molar-refractivity contribution in [3.63, 3.8) is 0 Å². The maximum absolute atomic E-state index is 5.60. The molecule has 2 nitrogen and oxygen atoms in total. The SMILES string of the molecule is Cl.NCc1cccc2cnccc12. The van der Waals surface area contributed by atoms with E-state index < -0.39 is 0 Å². The lowest BCUT2D eigenvalue weighted by Gasteiger charge is -2.01. The molecular formula is C10H11ClN2. The molecule has 0 radical (unpaired) electrons. The van der Waals surface area contributed by atoms with Crippen molar-refractivity contribution in [3.8, 4) is 0 Å². The second-order valence-corrected chi connectivity index (χ2v) is 2.72. The van der Waals surface area contributed by atoms with E-state index in [1.807, 2.05) is 30.5 Å². The van der Waals surface area contributed by atoms with E-state index in [4.69, 9.17) is 5.73 Å². The van der Waals surface area contributed by atoms with Crippen molar-refractivity contribution in [1.82, 2.24) is 4.98 Å². The Morgan fingerprint density at radius 1 is 1.23 bits per heavy atom. The first-order valence-corrected chi connectivity index (χ1v) is 3.93. The van der Waals surface area contributed by atoms with Gasteiger partial charge in [-0.2, -0.15) is 0 Å². The van der Waals surface area contributed by atoms with Crippen LogP contribution in [-0.2, 0) is 6.54 Å². The number of hydrogen-bond donors (Lipinski definition) is 1. The molecule has 0 bridgehead atoms. The first-order valence-electron chi connectivity index (χ1n) is 3.93. The minimum absolute atomic E-state index is 0. The van der Waals surface area contributed by atoms with E-state index in [1.165, 1.54) is 10.9 Å². The van der Waals surface area contributed by atoms with Crippen LogP contribution in [0.5, 0.6) is 0 Å². The fourth-order valence-electron chi connectivity index (χ4n) is 1.37. The number of rotatable bonds is 1. The Bertz CT molecular complexity index is 396. The van der Waals surface area contributed by atoms with Crippen molar-refractivity contribution in [2.24, 2.45) is 5.73 Å². The highest BCUT2D eigenvalue weighted by molar-refractivity contribution is 5.85. The molecule has 1 aromatic carbocycles. The van der Waals surface area contributed by atoms with E-state index in [-0.39, 0.29) is 12.4 Å². The second-order valence-electron chi connectivity index (χ2n) is 2.72. The van der Waals surface area contributed by atoms with E-state index in [9.17, 15) is 0 Å². The molecule has 0 aliphatic carbocycles. The van der Waals surface area contributed by atoms with Crippen molar-refractivity contribution < 1.29 is 0 Å². The summed E-state index contributed by atoms with van der Waals surface area (Å²) in [4.78, 5) is 4.05. The molecule has 13 heavy (non-hydrogen) atoms. The van der Waals surface area contributed by atoms with Crippen LogP contribution in [0.4, 0.5) is 0 Å². The standard InChI is InChI=1S/C10H10N2.ClH/c11-6-8-2-1-3-9-7-12-5-4-10(8)9;/h1-5,7H,6,11H2;1H. The summed E-state index contributed by atoms with van der Waals surface area (Å²) in [6, 6.07) is 8.09. The Labute approximate surface area is 83.2 Å². The zero-order valence-corrected chi connectivity index (χ0v) is 7.92. The molecule has 0 aliphatic rings. The number of hydrogen-bond acceptors (Lipinski definition) is 2. The first kappa shape index (κ1) is 9.96. The van der Waals surface area contributed by atoms with Crippen LogP contribution >= 0.6 is 12.4 Å². The van der Waals surface area contributed by atoms with Crippen LogP contribution in [0.25, 0.3) is 10.8 Å². The zero-order chi connectivity index (χ0) is 8.39. The number of benzene rings is 1. The van der Waals surface area contributed by atoms with Gasteiger partial charge >= 0.3 is 0 Å². The predicted octanol–water partition coefficient (Wildman–Crippen LogP) is 2.12. The molecule has 0 aliphatic heterocycles. The summed E-state index contributed by atoms with van der Waals surface area (Å²) >= 11 is 0. The highest BCUT2D eigenvalue weighted by Gasteiger charge is 1.96. The third-order valence-electron chi connectivity index (χ3n) is 1.99. The summed E-state index contributed by atoms with van der Waals surface area (Å²) in [5, 5.41) is 2.36. The summed E-state index contributed by atoms with van der Waals surface area (Å²) < 4.78 is 0. The average Bonchev–Trinajstić information content (AvgIpc) is 2.17. The van der Waals surface area contributed by atoms with Crippen LogP contribution in [0.1, 0.15) is 5.56 Å². The zero-order valence-electron chi connectivity index (χ0n) is 7.10. The second kappa shape index (κ2) is 4.21. The van der Waals surface area contributed by atoms with E-state index in [2.05, 4.69) is 4.98 Å². The topological polar surface area (TPSA) is 38.9 Å². The number of fused-ring (bicyclic) bond motifs is 1. The monoisotopic (exact) mass is 194 g/mol. The lowest BCUT2D eigenvalue weighted by molar-refractivity contribution is 1.09. The quantitative estimate of drug-likeness (QED) is 0.756. The highest BCUT2D eigenvalue weighted by Crippen LogP contribution is 2.16. The van der Waals surface area contributed by atoms with Crippen LogP contribution in [0, 0.1) is 0 Å². The third-order valence-corrected chi connectivity index (χ3v) is 1.99. The summed E-state index contributed by atoms with van der Waals surface area (Å²) in [6.07, 6.45) is 3.65. The molecule has 0 saturated carbocycles. The Hall–Kier alpha value is -1.12. The maximum Gasteiger partial charge on any atom is 0.0346 e. The van der Waals surface area contributed by atoms with Gasteiger partial charge in [-0.3, -0.25) is 4.98 Å². The molecule has 2 rings (SSSR count). The highest BCUT2D eigenvalue weighted by atomic mass is 35.5. The van der Waals surface area contributed by atoms with Gasteiger partial charge in [-0.15, -0.1) is 12.4 Å². The predicted molar refractivity (Wildman–Crippen MR) is 56.9 cm³/mol. The minimum atomic E-state index is 0. The van der Waals surface area contributed by atoms with Gasteiger partial charge in [0.15, 0.2) is 0 Å². The van der Waals surface area contributed by atoms with Crippen LogP contribution < -0.4 is 5.73 Å². The van der Waals surface area contributed by atoms with E-state index in [0.29, 0.717) is 6.54 Å². The van der Waals surface area contributed by atoms with Crippen molar-refractivity contribution >= 4 is 23.2 Å². The number of pyridine rings is 1. The van der Waals surface area contributed by atoms with Gasteiger partial charge in [0.25, 0.3) is 0 Å². The Kier molecular flexibility index (Phi) is 3.23. The molecule has 1 aromatic heterocycles. The summed E-state index contributed by atoms with van der Waals surface area (Å²) in [6.45, 7) is 0.585. The normalized spacial score (nSPS) is 9.62. The van der Waals surface area contributed by atoms with Gasteiger partial charge in [0.05, 0.1) is 0 Å². The van der Waals surface area contributed by atoms with Crippen LogP contribution in [0.15, 0.2) is 36.7 Å². The lowest BCUT2D eigenvalue weighted by Crippen LogP contribution is -1.96. The molecule has 2 N–H and O–H groups in total.